The molecule has 2 aromatic rings. The normalized spacial score (nSPS) is 22.0. The van der Waals surface area contributed by atoms with Gasteiger partial charge in [-0.25, -0.2) is 9.78 Å². The van der Waals surface area contributed by atoms with Crippen molar-refractivity contribution >= 4 is 12.1 Å². The lowest BCUT2D eigenvalue weighted by Gasteiger charge is -2.46. The van der Waals surface area contributed by atoms with Gasteiger partial charge >= 0.3 is 12.1 Å². The minimum Gasteiger partial charge on any atom is -0.489 e. The Balaban J connectivity index is 1.37. The Hall–Kier alpha value is -3.10. The highest BCUT2D eigenvalue weighted by Crippen LogP contribution is 2.42. The summed E-state index contributed by atoms with van der Waals surface area (Å²) in [6.07, 6.45) is 5.88. The molecule has 0 unspecified atom stereocenters. The summed E-state index contributed by atoms with van der Waals surface area (Å²) in [5.41, 5.74) is 2.14. The summed E-state index contributed by atoms with van der Waals surface area (Å²) in [5.74, 6) is -0.0939. The smallest absolute Gasteiger partial charge is 0.410 e. The van der Waals surface area contributed by atoms with Crippen LogP contribution in [-0.2, 0) is 16.1 Å². The van der Waals surface area contributed by atoms with Crippen molar-refractivity contribution in [3.63, 3.8) is 0 Å². The lowest BCUT2D eigenvalue weighted by atomic mass is 9.68. The van der Waals surface area contributed by atoms with Gasteiger partial charge in [0, 0.05) is 13.1 Å². The fourth-order valence-electron chi connectivity index (χ4n) is 4.89. The molecule has 2 fully saturated rings. The van der Waals surface area contributed by atoms with E-state index in [2.05, 4.69) is 24.0 Å². The van der Waals surface area contributed by atoms with E-state index in [1.54, 1.807) is 37.2 Å². The molecule has 2 saturated carbocycles. The first kappa shape index (κ1) is 24.0. The van der Waals surface area contributed by atoms with E-state index < -0.39 is 5.97 Å². The third-order valence-electron chi connectivity index (χ3n) is 6.98. The predicted octanol–water partition coefficient (Wildman–Crippen LogP) is 4.82. The Morgan fingerprint density at radius 1 is 1.26 bits per heavy atom. The van der Waals surface area contributed by atoms with E-state index in [1.165, 1.54) is 0 Å². The molecule has 9 nitrogen and oxygen atoms in total. The van der Waals surface area contributed by atoms with E-state index in [9.17, 15) is 14.7 Å². The Kier molecular flexibility index (Phi) is 6.81. The second kappa shape index (κ2) is 9.64. The number of pyridine rings is 1. The summed E-state index contributed by atoms with van der Waals surface area (Å²) >= 11 is 0. The molecule has 2 aromatic heterocycles. The van der Waals surface area contributed by atoms with Crippen LogP contribution in [0.4, 0.5) is 4.79 Å². The molecule has 0 aromatic carbocycles. The molecule has 2 aliphatic rings. The number of hydrogen-bond acceptors (Lipinski definition) is 7. The van der Waals surface area contributed by atoms with Gasteiger partial charge in [-0.1, -0.05) is 19.0 Å². The average Bonchev–Trinajstić information content (AvgIpc) is 3.16. The topological polar surface area (TPSA) is 115 Å². The molecular formula is C25H33N3O6. The molecule has 0 saturated heterocycles. The SMILES string of the molecule is Cc1noc(-c2ccc(O[C@H]3CCC[C@H](C(=O)O)C3)cn2)c1COC(=O)N(C)C1CC(C)(C)C1. The van der Waals surface area contributed by atoms with E-state index in [1.807, 2.05) is 0 Å². The number of aliphatic carboxylic acids is 1. The maximum Gasteiger partial charge on any atom is 0.410 e. The number of amides is 1. The van der Waals surface area contributed by atoms with Gasteiger partial charge in [-0.05, 0) is 63.0 Å². The van der Waals surface area contributed by atoms with Crippen LogP contribution in [0, 0.1) is 18.3 Å². The largest absolute Gasteiger partial charge is 0.489 e. The van der Waals surface area contributed by atoms with Crippen LogP contribution in [0.1, 0.15) is 63.6 Å². The van der Waals surface area contributed by atoms with Crippen molar-refractivity contribution in [1.82, 2.24) is 15.0 Å². The molecule has 1 amide bonds. The Bertz CT molecular complexity index is 1020. The Morgan fingerprint density at radius 3 is 2.68 bits per heavy atom. The van der Waals surface area contributed by atoms with Crippen LogP contribution >= 0.6 is 0 Å². The molecule has 1 N–H and O–H groups in total. The van der Waals surface area contributed by atoms with E-state index in [0.29, 0.717) is 41.3 Å². The molecular weight excluding hydrogens is 438 g/mol. The number of hydrogen-bond donors (Lipinski definition) is 1. The van der Waals surface area contributed by atoms with E-state index in [-0.39, 0.29) is 36.2 Å². The molecule has 0 radical (unpaired) electrons. The summed E-state index contributed by atoms with van der Waals surface area (Å²) < 4.78 is 17.0. The second-order valence-corrected chi connectivity index (χ2v) is 10.3. The highest BCUT2D eigenvalue weighted by Gasteiger charge is 2.40. The zero-order valence-corrected chi connectivity index (χ0v) is 20.2. The first-order valence-electron chi connectivity index (χ1n) is 11.8. The molecule has 2 aliphatic carbocycles. The van der Waals surface area contributed by atoms with Crippen LogP contribution < -0.4 is 4.74 Å². The van der Waals surface area contributed by atoms with Crippen LogP contribution in [0.5, 0.6) is 5.75 Å². The van der Waals surface area contributed by atoms with Crippen LogP contribution in [0.25, 0.3) is 11.5 Å². The summed E-state index contributed by atoms with van der Waals surface area (Å²) in [7, 11) is 1.77. The second-order valence-electron chi connectivity index (χ2n) is 10.3. The molecule has 4 rings (SSSR count). The Morgan fingerprint density at radius 2 is 2.03 bits per heavy atom. The van der Waals surface area contributed by atoms with Gasteiger partial charge in [0.05, 0.1) is 29.5 Å². The maximum absolute atomic E-state index is 12.5. The molecule has 34 heavy (non-hydrogen) atoms. The first-order chi connectivity index (χ1) is 16.1. The highest BCUT2D eigenvalue weighted by molar-refractivity contribution is 5.70. The number of nitrogens with zero attached hydrogens (tertiary/aromatic N) is 3. The van der Waals surface area contributed by atoms with Crippen molar-refractivity contribution in [3.05, 3.63) is 29.6 Å². The van der Waals surface area contributed by atoms with Crippen LogP contribution in [0.2, 0.25) is 0 Å². The van der Waals surface area contributed by atoms with Gasteiger partial charge in [-0.3, -0.25) is 4.79 Å². The molecule has 0 spiro atoms. The number of carbonyl (C=O) groups is 2. The number of rotatable bonds is 7. The van der Waals surface area contributed by atoms with E-state index in [4.69, 9.17) is 14.0 Å². The zero-order chi connectivity index (χ0) is 24.5. The summed E-state index contributed by atoms with van der Waals surface area (Å²) in [6, 6.07) is 3.75. The average molecular weight is 472 g/mol. The van der Waals surface area contributed by atoms with Gasteiger partial charge in [0.15, 0.2) is 5.76 Å². The van der Waals surface area contributed by atoms with Gasteiger partial charge in [-0.15, -0.1) is 0 Å². The van der Waals surface area contributed by atoms with E-state index in [0.717, 1.165) is 25.7 Å². The molecule has 184 valence electrons. The summed E-state index contributed by atoms with van der Waals surface area (Å²) in [5, 5.41) is 13.3. The number of aryl methyl sites for hydroxylation is 1. The fourth-order valence-corrected chi connectivity index (χ4v) is 4.89. The minimum atomic E-state index is -0.765. The van der Waals surface area contributed by atoms with E-state index >= 15 is 0 Å². The molecule has 2 atom stereocenters. The fraction of sp³-hybridized carbons (Fsp3) is 0.600. The lowest BCUT2D eigenvalue weighted by molar-refractivity contribution is -0.143. The Labute approximate surface area is 199 Å². The number of ether oxygens (including phenoxy) is 2. The van der Waals surface area contributed by atoms with Crippen molar-refractivity contribution in [1.29, 1.82) is 0 Å². The van der Waals surface area contributed by atoms with Crippen molar-refractivity contribution in [3.8, 4) is 17.2 Å². The van der Waals surface area contributed by atoms with Gasteiger partial charge in [-0.2, -0.15) is 0 Å². The first-order valence-corrected chi connectivity index (χ1v) is 11.8. The van der Waals surface area contributed by atoms with Crippen LogP contribution in [0.3, 0.4) is 0 Å². The summed E-state index contributed by atoms with van der Waals surface area (Å²) in [4.78, 5) is 29.9. The van der Waals surface area contributed by atoms with Crippen molar-refractivity contribution in [2.45, 2.75) is 78.0 Å². The summed E-state index contributed by atoms with van der Waals surface area (Å²) in [6.45, 7) is 6.23. The third-order valence-corrected chi connectivity index (χ3v) is 6.98. The minimum absolute atomic E-state index is 0.0442. The zero-order valence-electron chi connectivity index (χ0n) is 20.2. The van der Waals surface area contributed by atoms with Crippen molar-refractivity contribution in [2.24, 2.45) is 11.3 Å². The van der Waals surface area contributed by atoms with Gasteiger partial charge in [0.25, 0.3) is 0 Å². The third kappa shape index (κ3) is 5.34. The molecule has 2 heterocycles. The van der Waals surface area contributed by atoms with Gasteiger partial charge in [0.1, 0.15) is 18.1 Å². The van der Waals surface area contributed by atoms with Gasteiger partial charge < -0.3 is 24.0 Å². The number of aromatic nitrogens is 2. The van der Waals surface area contributed by atoms with Gasteiger partial charge in [0.2, 0.25) is 0 Å². The number of carbonyl (C=O) groups excluding carboxylic acids is 1. The van der Waals surface area contributed by atoms with Crippen LogP contribution in [-0.4, -0.2) is 51.4 Å². The number of carboxylic acids is 1. The number of carboxylic acid groups (broad SMARTS) is 1. The standard InChI is InChI=1S/C25H33N3O6/c1-15-20(14-32-24(31)28(4)17-11-25(2,3)12-17)22(34-27-15)21-9-8-19(13-26-21)33-18-7-5-6-16(10-18)23(29)30/h8-9,13,16-18H,5-7,10-12,14H2,1-4H3,(H,29,30)/t16-,18-/m0/s1. The maximum atomic E-state index is 12.5. The van der Waals surface area contributed by atoms with Crippen molar-refractivity contribution in [2.75, 3.05) is 7.05 Å². The monoisotopic (exact) mass is 471 g/mol. The predicted molar refractivity (Wildman–Crippen MR) is 123 cm³/mol. The molecule has 0 aliphatic heterocycles. The highest BCUT2D eigenvalue weighted by atomic mass is 16.6. The molecule has 9 heteroatoms. The quantitative estimate of drug-likeness (QED) is 0.611. The van der Waals surface area contributed by atoms with Crippen molar-refractivity contribution < 1.29 is 28.7 Å². The van der Waals surface area contributed by atoms with Crippen LogP contribution in [0.15, 0.2) is 22.9 Å². The molecule has 0 bridgehead atoms. The lowest BCUT2D eigenvalue weighted by Crippen LogP contribution is -2.49.